The molecule has 5 nitrogen and oxygen atoms in total. The lowest BCUT2D eigenvalue weighted by molar-refractivity contribution is -0.137. The minimum absolute atomic E-state index is 0.193. The number of carbonyl (C=O) groups is 1. The van der Waals surface area contributed by atoms with Gasteiger partial charge in [-0.05, 0) is 13.8 Å². The van der Waals surface area contributed by atoms with Crippen molar-refractivity contribution < 1.29 is 9.90 Å². The number of aliphatic carboxylic acids is 1. The summed E-state index contributed by atoms with van der Waals surface area (Å²) in [7, 11) is 1.97. The zero-order chi connectivity index (χ0) is 12.8. The molecule has 0 aliphatic carbocycles. The van der Waals surface area contributed by atoms with Gasteiger partial charge in [0.05, 0.1) is 6.42 Å². The Hall–Kier alpha value is -1.36. The molecule has 0 aliphatic heterocycles. The van der Waals surface area contributed by atoms with E-state index in [9.17, 15) is 4.79 Å². The second-order valence-corrected chi connectivity index (χ2v) is 4.48. The molecule has 0 aliphatic rings. The summed E-state index contributed by atoms with van der Waals surface area (Å²) < 4.78 is 2.00. The highest BCUT2D eigenvalue weighted by Crippen LogP contribution is 2.03. The minimum atomic E-state index is -0.743. The van der Waals surface area contributed by atoms with Crippen LogP contribution in [-0.2, 0) is 18.3 Å². The Balaban J connectivity index is 2.44. The van der Waals surface area contributed by atoms with Crippen molar-refractivity contribution in [2.45, 2.75) is 32.7 Å². The van der Waals surface area contributed by atoms with E-state index in [0.29, 0.717) is 12.6 Å². The Labute approximate surface area is 102 Å². The van der Waals surface area contributed by atoms with Gasteiger partial charge in [0, 0.05) is 45.0 Å². The average Bonchev–Trinajstić information content (AvgIpc) is 2.63. The molecule has 96 valence electrons. The average molecular weight is 239 g/mol. The third-order valence-electron chi connectivity index (χ3n) is 2.89. The first-order valence-electron chi connectivity index (χ1n) is 5.92. The predicted octanol–water partition coefficient (Wildman–Crippen LogP) is 1.15. The van der Waals surface area contributed by atoms with Crippen LogP contribution in [0.3, 0.4) is 0 Å². The quantitative estimate of drug-likeness (QED) is 0.775. The molecular weight excluding hydrogens is 218 g/mol. The van der Waals surface area contributed by atoms with Crippen LogP contribution in [0.1, 0.15) is 26.1 Å². The number of carboxylic acid groups (broad SMARTS) is 1. The van der Waals surface area contributed by atoms with E-state index >= 15 is 0 Å². The number of carboxylic acids is 1. The van der Waals surface area contributed by atoms with Crippen LogP contribution in [0, 0.1) is 0 Å². The van der Waals surface area contributed by atoms with Crippen molar-refractivity contribution in [1.29, 1.82) is 0 Å². The first-order valence-corrected chi connectivity index (χ1v) is 5.92. The third-order valence-corrected chi connectivity index (χ3v) is 2.89. The van der Waals surface area contributed by atoms with Gasteiger partial charge in [0.15, 0.2) is 0 Å². The van der Waals surface area contributed by atoms with Crippen molar-refractivity contribution >= 4 is 5.97 Å². The summed E-state index contributed by atoms with van der Waals surface area (Å²) in [6, 6.07) is 0.356. The van der Waals surface area contributed by atoms with Gasteiger partial charge in [-0.15, -0.1) is 0 Å². The van der Waals surface area contributed by atoms with Crippen LogP contribution in [0.2, 0.25) is 0 Å². The zero-order valence-electron chi connectivity index (χ0n) is 10.8. The van der Waals surface area contributed by atoms with Crippen LogP contribution in [0.15, 0.2) is 12.4 Å². The largest absolute Gasteiger partial charge is 0.481 e. The van der Waals surface area contributed by atoms with Crippen molar-refractivity contribution in [2.75, 3.05) is 13.1 Å². The summed E-state index contributed by atoms with van der Waals surface area (Å²) in [5, 5.41) is 8.70. The van der Waals surface area contributed by atoms with Gasteiger partial charge in [-0.25, -0.2) is 4.98 Å². The molecule has 0 saturated heterocycles. The maximum Gasteiger partial charge on any atom is 0.304 e. The fourth-order valence-electron chi connectivity index (χ4n) is 1.75. The van der Waals surface area contributed by atoms with E-state index in [1.165, 1.54) is 0 Å². The van der Waals surface area contributed by atoms with Gasteiger partial charge < -0.3 is 9.67 Å². The van der Waals surface area contributed by atoms with Crippen LogP contribution >= 0.6 is 0 Å². The number of rotatable bonds is 7. The summed E-state index contributed by atoms with van der Waals surface area (Å²) in [5.74, 6) is 0.290. The second-order valence-electron chi connectivity index (χ2n) is 4.48. The summed E-state index contributed by atoms with van der Waals surface area (Å²) in [4.78, 5) is 17.0. The first-order chi connectivity index (χ1) is 8.00. The molecule has 0 bridgehead atoms. The van der Waals surface area contributed by atoms with Crippen LogP contribution < -0.4 is 0 Å². The fourth-order valence-corrected chi connectivity index (χ4v) is 1.75. The molecule has 0 atom stereocenters. The highest BCUT2D eigenvalue weighted by atomic mass is 16.4. The summed E-state index contributed by atoms with van der Waals surface area (Å²) in [6.07, 6.45) is 4.75. The smallest absolute Gasteiger partial charge is 0.304 e. The number of hydrogen-bond donors (Lipinski definition) is 1. The maximum absolute atomic E-state index is 10.6. The number of imidazole rings is 1. The molecule has 1 aromatic rings. The molecule has 0 amide bonds. The molecule has 1 heterocycles. The van der Waals surface area contributed by atoms with Gasteiger partial charge in [-0.1, -0.05) is 0 Å². The molecule has 0 aromatic carbocycles. The van der Waals surface area contributed by atoms with Crippen molar-refractivity contribution in [3.63, 3.8) is 0 Å². The van der Waals surface area contributed by atoms with E-state index < -0.39 is 5.97 Å². The van der Waals surface area contributed by atoms with Gasteiger partial charge in [-0.3, -0.25) is 9.69 Å². The van der Waals surface area contributed by atoms with E-state index in [2.05, 4.69) is 23.7 Å². The fraction of sp³-hybridized carbons (Fsp3) is 0.667. The van der Waals surface area contributed by atoms with E-state index in [0.717, 1.165) is 18.8 Å². The molecule has 1 rings (SSSR count). The first kappa shape index (κ1) is 13.7. The van der Waals surface area contributed by atoms with E-state index in [-0.39, 0.29) is 6.42 Å². The highest BCUT2D eigenvalue weighted by molar-refractivity contribution is 5.66. The standard InChI is InChI=1S/C12H21N3O2/c1-10(2)15(8-5-12(16)17)7-4-11-13-6-9-14(11)3/h6,9-10H,4-5,7-8H2,1-3H3,(H,16,17). The number of hydrogen-bond acceptors (Lipinski definition) is 3. The Kier molecular flexibility index (Phi) is 5.15. The SMILES string of the molecule is CC(C)N(CCC(=O)O)CCc1nccn1C. The second kappa shape index (κ2) is 6.39. The van der Waals surface area contributed by atoms with Crippen molar-refractivity contribution in [3.8, 4) is 0 Å². The molecule has 0 unspecified atom stereocenters. The molecule has 1 N–H and O–H groups in total. The van der Waals surface area contributed by atoms with Crippen LogP contribution in [0.4, 0.5) is 0 Å². The normalized spacial score (nSPS) is 11.4. The van der Waals surface area contributed by atoms with Gasteiger partial charge >= 0.3 is 5.97 Å². The monoisotopic (exact) mass is 239 g/mol. The molecule has 0 spiro atoms. The Morgan fingerprint density at radius 1 is 1.53 bits per heavy atom. The molecule has 17 heavy (non-hydrogen) atoms. The van der Waals surface area contributed by atoms with Crippen LogP contribution in [0.5, 0.6) is 0 Å². The van der Waals surface area contributed by atoms with Crippen molar-refractivity contribution in [2.24, 2.45) is 7.05 Å². The van der Waals surface area contributed by atoms with Crippen LogP contribution in [-0.4, -0.2) is 44.7 Å². The zero-order valence-corrected chi connectivity index (χ0v) is 10.8. The summed E-state index contributed by atoms with van der Waals surface area (Å²) in [6.45, 7) is 5.60. The van der Waals surface area contributed by atoms with Crippen molar-refractivity contribution in [3.05, 3.63) is 18.2 Å². The van der Waals surface area contributed by atoms with E-state index in [1.54, 1.807) is 6.20 Å². The van der Waals surface area contributed by atoms with Gasteiger partial charge in [-0.2, -0.15) is 0 Å². The van der Waals surface area contributed by atoms with Gasteiger partial charge in [0.1, 0.15) is 5.82 Å². The Bertz CT molecular complexity index is 360. The van der Waals surface area contributed by atoms with Gasteiger partial charge in [0.2, 0.25) is 0 Å². The summed E-state index contributed by atoms with van der Waals surface area (Å²) in [5.41, 5.74) is 0. The van der Waals surface area contributed by atoms with Crippen LogP contribution in [0.25, 0.3) is 0 Å². The number of aryl methyl sites for hydroxylation is 1. The third kappa shape index (κ3) is 4.56. The molecule has 0 fully saturated rings. The van der Waals surface area contributed by atoms with E-state index in [1.807, 2.05) is 17.8 Å². The molecule has 0 radical (unpaired) electrons. The lowest BCUT2D eigenvalue weighted by Crippen LogP contribution is -2.35. The predicted molar refractivity (Wildman–Crippen MR) is 65.9 cm³/mol. The highest BCUT2D eigenvalue weighted by Gasteiger charge is 2.12. The Morgan fingerprint density at radius 3 is 2.71 bits per heavy atom. The molecule has 0 saturated carbocycles. The molecular formula is C12H21N3O2. The molecule has 1 aromatic heterocycles. The lowest BCUT2D eigenvalue weighted by atomic mass is 10.2. The van der Waals surface area contributed by atoms with E-state index in [4.69, 9.17) is 5.11 Å². The number of nitrogens with zero attached hydrogens (tertiary/aromatic N) is 3. The topological polar surface area (TPSA) is 58.4 Å². The van der Waals surface area contributed by atoms with Gasteiger partial charge in [0.25, 0.3) is 0 Å². The van der Waals surface area contributed by atoms with Crippen molar-refractivity contribution in [1.82, 2.24) is 14.5 Å². The number of aromatic nitrogens is 2. The summed E-state index contributed by atoms with van der Waals surface area (Å²) >= 11 is 0. The molecule has 5 heteroatoms. The minimum Gasteiger partial charge on any atom is -0.481 e. The Morgan fingerprint density at radius 2 is 2.24 bits per heavy atom. The maximum atomic E-state index is 10.6. The lowest BCUT2D eigenvalue weighted by Gasteiger charge is -2.25.